The number of hydrogen-bond acceptors (Lipinski definition) is 6. The summed E-state index contributed by atoms with van der Waals surface area (Å²) in [5.74, 6) is 1.80. The molecule has 0 N–H and O–H groups in total. The molecule has 0 amide bonds. The first kappa shape index (κ1) is 28.9. The van der Waals surface area contributed by atoms with E-state index < -0.39 is 0 Å². The molecule has 0 bridgehead atoms. The van der Waals surface area contributed by atoms with Gasteiger partial charge >= 0.3 is 0 Å². The average Bonchev–Trinajstić information content (AvgIpc) is 3.95. The number of fused-ring (bicyclic) bond motifs is 3. The van der Waals surface area contributed by atoms with Gasteiger partial charge in [-0.25, -0.2) is 15.0 Å². The van der Waals surface area contributed by atoms with Crippen LogP contribution in [0.1, 0.15) is 0 Å². The van der Waals surface area contributed by atoms with Gasteiger partial charge in [0.25, 0.3) is 0 Å². The van der Waals surface area contributed by atoms with Crippen molar-refractivity contribution in [1.82, 2.24) is 15.0 Å². The minimum absolute atomic E-state index is 0.598. The van der Waals surface area contributed by atoms with E-state index in [0.29, 0.717) is 17.7 Å². The van der Waals surface area contributed by atoms with Crippen molar-refractivity contribution in [2.24, 2.45) is 0 Å². The largest absolute Gasteiger partial charge is 0.436 e. The number of para-hydroxylation sites is 6. The van der Waals surface area contributed by atoms with Gasteiger partial charge in [0, 0.05) is 16.7 Å². The van der Waals surface area contributed by atoms with Gasteiger partial charge in [0.15, 0.2) is 16.7 Å². The summed E-state index contributed by atoms with van der Waals surface area (Å²) < 4.78 is 18.2. The van der Waals surface area contributed by atoms with Gasteiger partial charge in [0.1, 0.15) is 16.6 Å². The van der Waals surface area contributed by atoms with Crippen molar-refractivity contribution >= 4 is 33.3 Å². The molecule has 0 aliphatic carbocycles. The molecule has 0 saturated carbocycles. The third-order valence-corrected chi connectivity index (χ3v) is 9.25. The van der Waals surface area contributed by atoms with Crippen LogP contribution in [0.3, 0.4) is 0 Å². The quantitative estimate of drug-likeness (QED) is 0.177. The standard InChI is InChI=1S/C45H27N3O3/c1-4-13-39-36(10-1)46-43(49-39)31-22-16-28(17-23-31)34-8-7-9-35(29-18-24-32(25-19-29)44-47-37-11-2-5-14-40(37)50-44)42(34)30-20-26-33(27-21-30)45-48-38-12-3-6-15-41(38)51-45/h1-27H. The van der Waals surface area contributed by atoms with E-state index in [1.165, 1.54) is 0 Å². The van der Waals surface area contributed by atoms with Crippen molar-refractivity contribution in [3.8, 4) is 67.7 Å². The van der Waals surface area contributed by atoms with Crippen LogP contribution in [-0.4, -0.2) is 15.0 Å². The molecule has 3 heterocycles. The normalized spacial score (nSPS) is 11.5. The SMILES string of the molecule is c1cc(-c2ccc(-c3nc4ccccc4o3)cc2)c(-c2ccc(-c3nc4ccccc4o3)cc2)c(-c2ccc(-c3nc4ccccc4o3)cc2)c1. The lowest BCUT2D eigenvalue weighted by atomic mass is 9.87. The van der Waals surface area contributed by atoms with E-state index >= 15 is 0 Å². The summed E-state index contributed by atoms with van der Waals surface area (Å²) in [7, 11) is 0. The first-order valence-corrected chi connectivity index (χ1v) is 16.8. The van der Waals surface area contributed by atoms with E-state index in [9.17, 15) is 0 Å². The molecule has 6 nitrogen and oxygen atoms in total. The summed E-state index contributed by atoms with van der Waals surface area (Å²) in [6.45, 7) is 0. The highest BCUT2D eigenvalue weighted by atomic mass is 16.4. The molecule has 0 unspecified atom stereocenters. The molecule has 3 aromatic heterocycles. The molecule has 0 aliphatic heterocycles. The molecule has 0 spiro atoms. The Hall–Kier alpha value is -7.05. The lowest BCUT2D eigenvalue weighted by Gasteiger charge is -2.17. The highest BCUT2D eigenvalue weighted by Gasteiger charge is 2.17. The van der Waals surface area contributed by atoms with Crippen LogP contribution in [0.2, 0.25) is 0 Å². The van der Waals surface area contributed by atoms with Crippen molar-refractivity contribution in [3.63, 3.8) is 0 Å². The fraction of sp³-hybridized carbons (Fsp3) is 0. The second-order valence-corrected chi connectivity index (χ2v) is 12.4. The first-order chi connectivity index (χ1) is 25.2. The summed E-state index contributed by atoms with van der Waals surface area (Å²) in [4.78, 5) is 14.1. The molecule has 51 heavy (non-hydrogen) atoms. The molecule has 0 aliphatic rings. The topological polar surface area (TPSA) is 78.1 Å². The molecule has 0 saturated heterocycles. The lowest BCUT2D eigenvalue weighted by Crippen LogP contribution is -1.91. The summed E-state index contributed by atoms with van der Waals surface area (Å²) in [5.41, 5.74) is 14.2. The maximum Gasteiger partial charge on any atom is 0.227 e. The van der Waals surface area contributed by atoms with Gasteiger partial charge in [-0.2, -0.15) is 0 Å². The molecule has 10 aromatic rings. The van der Waals surface area contributed by atoms with Crippen molar-refractivity contribution in [2.75, 3.05) is 0 Å². The number of nitrogens with zero attached hydrogens (tertiary/aromatic N) is 3. The number of aromatic nitrogens is 3. The van der Waals surface area contributed by atoms with Gasteiger partial charge in [-0.15, -0.1) is 0 Å². The molecular formula is C45H27N3O3. The van der Waals surface area contributed by atoms with Gasteiger partial charge in [-0.1, -0.05) is 91.0 Å². The Balaban J connectivity index is 1.07. The van der Waals surface area contributed by atoms with Crippen molar-refractivity contribution < 1.29 is 13.3 Å². The Labute approximate surface area is 292 Å². The number of benzene rings is 7. The van der Waals surface area contributed by atoms with E-state index in [2.05, 4.69) is 91.0 Å². The zero-order valence-electron chi connectivity index (χ0n) is 27.2. The van der Waals surface area contributed by atoms with Crippen LogP contribution in [0.15, 0.2) is 177 Å². The second-order valence-electron chi connectivity index (χ2n) is 12.4. The van der Waals surface area contributed by atoms with Crippen LogP contribution < -0.4 is 0 Å². The Morgan fingerprint density at radius 3 is 0.941 bits per heavy atom. The van der Waals surface area contributed by atoms with Crippen LogP contribution in [0.25, 0.3) is 101 Å². The predicted molar refractivity (Wildman–Crippen MR) is 202 cm³/mol. The summed E-state index contributed by atoms with van der Waals surface area (Å²) >= 11 is 0. The fourth-order valence-corrected chi connectivity index (χ4v) is 6.70. The lowest BCUT2D eigenvalue weighted by molar-refractivity contribution is 0.619. The number of oxazole rings is 3. The molecule has 0 fully saturated rings. The average molecular weight is 658 g/mol. The monoisotopic (exact) mass is 657 g/mol. The van der Waals surface area contributed by atoms with E-state index in [1.54, 1.807) is 0 Å². The second kappa shape index (κ2) is 11.8. The smallest absolute Gasteiger partial charge is 0.227 e. The zero-order valence-corrected chi connectivity index (χ0v) is 27.2. The summed E-state index contributed by atoms with van der Waals surface area (Å²) in [5, 5.41) is 0. The molecule has 10 rings (SSSR count). The maximum absolute atomic E-state index is 6.08. The summed E-state index contributed by atoms with van der Waals surface area (Å²) in [6, 6.07) is 55.2. The minimum atomic E-state index is 0.598. The van der Waals surface area contributed by atoms with Gasteiger partial charge in [-0.05, 0) is 106 Å². The van der Waals surface area contributed by atoms with Gasteiger partial charge in [-0.3, -0.25) is 0 Å². The van der Waals surface area contributed by atoms with Crippen LogP contribution in [0.5, 0.6) is 0 Å². The van der Waals surface area contributed by atoms with Crippen molar-refractivity contribution in [2.45, 2.75) is 0 Å². The number of hydrogen-bond donors (Lipinski definition) is 0. The van der Waals surface area contributed by atoms with Crippen LogP contribution >= 0.6 is 0 Å². The molecular weight excluding hydrogens is 631 g/mol. The summed E-state index contributed by atoms with van der Waals surface area (Å²) in [6.07, 6.45) is 0. The van der Waals surface area contributed by atoms with Gasteiger partial charge in [0.2, 0.25) is 17.7 Å². The first-order valence-electron chi connectivity index (χ1n) is 16.8. The van der Waals surface area contributed by atoms with E-state index in [0.717, 1.165) is 83.4 Å². The highest BCUT2D eigenvalue weighted by molar-refractivity contribution is 5.95. The molecule has 7 aromatic carbocycles. The molecule has 0 radical (unpaired) electrons. The Morgan fingerprint density at radius 2 is 0.588 bits per heavy atom. The third-order valence-electron chi connectivity index (χ3n) is 9.25. The van der Waals surface area contributed by atoms with Crippen molar-refractivity contribution in [1.29, 1.82) is 0 Å². The van der Waals surface area contributed by atoms with Gasteiger partial charge in [0.05, 0.1) is 0 Å². The van der Waals surface area contributed by atoms with Crippen molar-refractivity contribution in [3.05, 3.63) is 164 Å². The van der Waals surface area contributed by atoms with Crippen LogP contribution in [-0.2, 0) is 0 Å². The number of rotatable bonds is 6. The Bertz CT molecular complexity index is 2610. The van der Waals surface area contributed by atoms with Gasteiger partial charge < -0.3 is 13.3 Å². The molecule has 6 heteroatoms. The predicted octanol–water partition coefficient (Wildman–Crippen LogP) is 12.1. The molecule has 0 atom stereocenters. The van der Waals surface area contributed by atoms with E-state index in [-0.39, 0.29) is 0 Å². The Morgan fingerprint density at radius 1 is 0.275 bits per heavy atom. The van der Waals surface area contributed by atoms with Crippen LogP contribution in [0.4, 0.5) is 0 Å². The Kier molecular flexibility index (Phi) is 6.70. The maximum atomic E-state index is 6.08. The fourth-order valence-electron chi connectivity index (χ4n) is 6.70. The zero-order chi connectivity index (χ0) is 33.7. The van der Waals surface area contributed by atoms with E-state index in [4.69, 9.17) is 28.2 Å². The third kappa shape index (κ3) is 5.18. The van der Waals surface area contributed by atoms with Crippen LogP contribution in [0, 0.1) is 0 Å². The highest BCUT2D eigenvalue weighted by Crippen LogP contribution is 2.42. The van der Waals surface area contributed by atoms with E-state index in [1.807, 2.05) is 72.8 Å². The molecule has 240 valence electrons. The minimum Gasteiger partial charge on any atom is -0.436 e.